The predicted octanol–water partition coefficient (Wildman–Crippen LogP) is 1.31. The van der Waals surface area contributed by atoms with Gasteiger partial charge >= 0.3 is 11.9 Å². The Kier molecular flexibility index (Phi) is 8.50. The van der Waals surface area contributed by atoms with Crippen LogP contribution in [0.3, 0.4) is 0 Å². The van der Waals surface area contributed by atoms with Gasteiger partial charge in [-0.1, -0.05) is 13.2 Å². The van der Waals surface area contributed by atoms with Gasteiger partial charge in [0.1, 0.15) is 0 Å². The molecule has 1 N–H and O–H groups in total. The fraction of sp³-hybridized carbons (Fsp3) is 0.333. The summed E-state index contributed by atoms with van der Waals surface area (Å²) in [5.74, 6) is -1.47. The lowest BCUT2D eigenvalue weighted by Crippen LogP contribution is -2.02. The lowest BCUT2D eigenvalue weighted by atomic mass is 10.4. The van der Waals surface area contributed by atoms with Crippen molar-refractivity contribution < 1.29 is 24.5 Å². The second kappa shape index (κ2) is 8.00. The van der Waals surface area contributed by atoms with Crippen molar-refractivity contribution in [2.75, 3.05) is 7.11 Å². The Labute approximate surface area is 82.6 Å². The maximum Gasteiger partial charge on any atom is 0.368 e. The molecule has 0 rings (SSSR count). The number of carboxylic acid groups (broad SMARTS) is 1. The van der Waals surface area contributed by atoms with E-state index in [2.05, 4.69) is 22.9 Å². The molecule has 0 unspecified atom stereocenters. The molecule has 0 aromatic heterocycles. The van der Waals surface area contributed by atoms with E-state index in [1.807, 2.05) is 0 Å². The fourth-order valence-corrected chi connectivity index (χ4v) is 0.147. The zero-order valence-electron chi connectivity index (χ0n) is 8.49. The van der Waals surface area contributed by atoms with Crippen LogP contribution in [0.5, 0.6) is 0 Å². The topological polar surface area (TPSA) is 72.8 Å². The Morgan fingerprint density at radius 1 is 1.14 bits per heavy atom. The quantitative estimate of drug-likeness (QED) is 0.424. The molecule has 0 radical (unpaired) electrons. The van der Waals surface area contributed by atoms with E-state index in [9.17, 15) is 9.59 Å². The first-order valence-corrected chi connectivity index (χ1v) is 3.62. The van der Waals surface area contributed by atoms with Gasteiger partial charge in [0.2, 0.25) is 0 Å². The summed E-state index contributed by atoms with van der Waals surface area (Å²) in [4.78, 5) is 28.0. The maximum absolute atomic E-state index is 10.3. The molecule has 0 aliphatic heterocycles. The molecular weight excluding hydrogens is 188 g/mol. The molecule has 0 saturated heterocycles. The molecule has 0 atom stereocenters. The highest BCUT2D eigenvalue weighted by atomic mass is 17.2. The third-order valence-electron chi connectivity index (χ3n) is 0.873. The molecule has 0 bridgehead atoms. The van der Waals surface area contributed by atoms with Gasteiger partial charge < -0.3 is 5.11 Å². The van der Waals surface area contributed by atoms with Gasteiger partial charge in [0.05, 0.1) is 7.11 Å². The zero-order chi connectivity index (χ0) is 11.7. The molecule has 0 aliphatic carbocycles. The first kappa shape index (κ1) is 14.9. The van der Waals surface area contributed by atoms with Gasteiger partial charge in [-0.25, -0.2) is 9.59 Å². The van der Waals surface area contributed by atoms with Crippen molar-refractivity contribution in [1.82, 2.24) is 0 Å². The number of rotatable bonds is 3. The first-order valence-electron chi connectivity index (χ1n) is 3.62. The van der Waals surface area contributed by atoms with Crippen LogP contribution in [0.4, 0.5) is 0 Å². The average molecular weight is 202 g/mol. The SMILES string of the molecule is C=C(C)C(=O)O.C=C(C)C(=O)OOC. The van der Waals surface area contributed by atoms with Crippen LogP contribution in [-0.4, -0.2) is 24.2 Å². The lowest BCUT2D eigenvalue weighted by molar-refractivity contribution is -0.250. The number of carboxylic acids is 1. The Morgan fingerprint density at radius 2 is 1.50 bits per heavy atom. The normalized spacial score (nSPS) is 7.93. The second-order valence-electron chi connectivity index (χ2n) is 2.40. The van der Waals surface area contributed by atoms with E-state index in [-0.39, 0.29) is 5.57 Å². The number of aliphatic carboxylic acids is 1. The highest BCUT2D eigenvalue weighted by Gasteiger charge is 2.00. The van der Waals surface area contributed by atoms with Gasteiger partial charge in [-0.2, -0.15) is 4.89 Å². The Morgan fingerprint density at radius 3 is 1.57 bits per heavy atom. The minimum Gasteiger partial charge on any atom is -0.478 e. The van der Waals surface area contributed by atoms with Crippen LogP contribution in [-0.2, 0) is 19.4 Å². The van der Waals surface area contributed by atoms with Crippen molar-refractivity contribution in [1.29, 1.82) is 0 Å². The number of carbonyl (C=O) groups excluding carboxylic acids is 1. The zero-order valence-corrected chi connectivity index (χ0v) is 8.49. The average Bonchev–Trinajstić information content (AvgIpc) is 2.05. The second-order valence-corrected chi connectivity index (χ2v) is 2.40. The summed E-state index contributed by atoms with van der Waals surface area (Å²) >= 11 is 0. The summed E-state index contributed by atoms with van der Waals surface area (Å²) in [5.41, 5.74) is 0.502. The molecular formula is C9H14O5. The van der Waals surface area contributed by atoms with Crippen LogP contribution >= 0.6 is 0 Å². The maximum atomic E-state index is 10.3. The highest BCUT2D eigenvalue weighted by molar-refractivity contribution is 5.86. The van der Waals surface area contributed by atoms with Crippen molar-refractivity contribution in [3.63, 3.8) is 0 Å². The van der Waals surface area contributed by atoms with Gasteiger partial charge in [0.25, 0.3) is 0 Å². The summed E-state index contributed by atoms with van der Waals surface area (Å²) < 4.78 is 0. The van der Waals surface area contributed by atoms with Gasteiger partial charge in [-0.3, -0.25) is 4.89 Å². The van der Waals surface area contributed by atoms with Gasteiger partial charge in [-0.05, 0) is 13.8 Å². The summed E-state index contributed by atoms with van der Waals surface area (Å²) in [5, 5.41) is 7.89. The van der Waals surface area contributed by atoms with E-state index < -0.39 is 11.9 Å². The minimum atomic E-state index is -0.935. The number of hydrogen-bond acceptors (Lipinski definition) is 4. The summed E-state index contributed by atoms with van der Waals surface area (Å²) in [6.45, 7) is 9.46. The molecule has 0 heterocycles. The first-order chi connectivity index (χ1) is 6.32. The van der Waals surface area contributed by atoms with E-state index in [0.717, 1.165) is 0 Å². The molecule has 14 heavy (non-hydrogen) atoms. The van der Waals surface area contributed by atoms with E-state index >= 15 is 0 Å². The summed E-state index contributed by atoms with van der Waals surface area (Å²) in [6.07, 6.45) is 0. The van der Waals surface area contributed by atoms with Gasteiger partial charge in [0.15, 0.2) is 0 Å². The smallest absolute Gasteiger partial charge is 0.368 e. The molecule has 0 spiro atoms. The Bertz CT molecular complexity index is 230. The van der Waals surface area contributed by atoms with E-state index in [0.29, 0.717) is 5.57 Å². The van der Waals surface area contributed by atoms with E-state index in [4.69, 9.17) is 5.11 Å². The van der Waals surface area contributed by atoms with Crippen LogP contribution in [0, 0.1) is 0 Å². The molecule has 5 heteroatoms. The molecule has 0 aromatic rings. The van der Waals surface area contributed by atoms with Crippen molar-refractivity contribution >= 4 is 11.9 Å². The molecule has 0 aromatic carbocycles. The van der Waals surface area contributed by atoms with E-state index in [1.165, 1.54) is 14.0 Å². The van der Waals surface area contributed by atoms with Crippen LogP contribution in [0.15, 0.2) is 24.3 Å². The largest absolute Gasteiger partial charge is 0.478 e. The molecule has 0 amide bonds. The third-order valence-corrected chi connectivity index (χ3v) is 0.873. The monoisotopic (exact) mass is 202 g/mol. The number of carbonyl (C=O) groups is 2. The summed E-state index contributed by atoms with van der Waals surface area (Å²) in [6, 6.07) is 0. The molecule has 0 aliphatic rings. The van der Waals surface area contributed by atoms with Crippen LogP contribution in [0.25, 0.3) is 0 Å². The predicted molar refractivity (Wildman–Crippen MR) is 50.4 cm³/mol. The Hall–Kier alpha value is -1.62. The van der Waals surface area contributed by atoms with Crippen molar-refractivity contribution in [2.45, 2.75) is 13.8 Å². The van der Waals surface area contributed by atoms with E-state index in [1.54, 1.807) is 6.92 Å². The van der Waals surface area contributed by atoms with Gasteiger partial charge in [0, 0.05) is 11.1 Å². The Balaban J connectivity index is 0. The van der Waals surface area contributed by atoms with Crippen LogP contribution in [0.1, 0.15) is 13.8 Å². The van der Waals surface area contributed by atoms with Crippen molar-refractivity contribution in [3.8, 4) is 0 Å². The molecule has 5 nitrogen and oxygen atoms in total. The van der Waals surface area contributed by atoms with Crippen molar-refractivity contribution in [2.24, 2.45) is 0 Å². The number of hydrogen-bond donors (Lipinski definition) is 1. The summed E-state index contributed by atoms with van der Waals surface area (Å²) in [7, 11) is 1.26. The minimum absolute atomic E-state index is 0.176. The van der Waals surface area contributed by atoms with Crippen LogP contribution < -0.4 is 0 Å². The lowest BCUT2D eigenvalue weighted by Gasteiger charge is -1.94. The standard InChI is InChI=1S/C5H8O3.C4H6O2/c1-4(2)5(6)8-7-3;1-3(2)4(5)6/h1H2,2-3H3;1H2,2H3,(H,5,6). The highest BCUT2D eigenvalue weighted by Crippen LogP contribution is 1.89. The third kappa shape index (κ3) is 10.4. The van der Waals surface area contributed by atoms with Gasteiger partial charge in [-0.15, -0.1) is 0 Å². The fourth-order valence-electron chi connectivity index (χ4n) is 0.147. The molecule has 0 saturated carbocycles. The molecule has 80 valence electrons. The van der Waals surface area contributed by atoms with Crippen molar-refractivity contribution in [3.05, 3.63) is 24.3 Å². The van der Waals surface area contributed by atoms with Crippen LogP contribution in [0.2, 0.25) is 0 Å². The molecule has 0 fully saturated rings.